The molecular weight excluding hydrogens is 450 g/mol. The Kier molecular flexibility index (Phi) is 6.38. The van der Waals surface area contributed by atoms with Crippen molar-refractivity contribution in [2.45, 2.75) is 49.6 Å². The van der Waals surface area contributed by atoms with Crippen LogP contribution in [-0.4, -0.2) is 75.9 Å². The van der Waals surface area contributed by atoms with Crippen molar-refractivity contribution in [1.29, 1.82) is 0 Å². The van der Waals surface area contributed by atoms with E-state index in [2.05, 4.69) is 16.8 Å². The van der Waals surface area contributed by atoms with Gasteiger partial charge in [-0.2, -0.15) is 4.98 Å². The third-order valence-corrected chi connectivity index (χ3v) is 8.11. The van der Waals surface area contributed by atoms with Gasteiger partial charge in [0.15, 0.2) is 11.5 Å². The number of nitrogens with zero attached hydrogens (tertiary/aromatic N) is 5. The van der Waals surface area contributed by atoms with Gasteiger partial charge in [-0.1, -0.05) is 6.92 Å². The molecule has 0 N–H and O–H groups in total. The maximum atomic E-state index is 12.8. The molecule has 0 aliphatic carbocycles. The summed E-state index contributed by atoms with van der Waals surface area (Å²) in [5, 5.41) is 1.69. The van der Waals surface area contributed by atoms with Gasteiger partial charge in [0.05, 0.1) is 35.1 Å². The lowest BCUT2D eigenvalue weighted by molar-refractivity contribution is 0.0225. The predicted octanol–water partition coefficient (Wildman–Crippen LogP) is 2.04. The van der Waals surface area contributed by atoms with Crippen LogP contribution >= 0.6 is 11.3 Å². The Bertz CT molecular complexity index is 990. The van der Waals surface area contributed by atoms with Crippen LogP contribution in [0.1, 0.15) is 42.4 Å². The molecule has 1 unspecified atom stereocenters. The zero-order valence-corrected chi connectivity index (χ0v) is 19.7. The molecule has 0 bridgehead atoms. The summed E-state index contributed by atoms with van der Waals surface area (Å²) in [5.74, 6) is 1.65. The molecule has 2 aromatic heterocycles. The van der Waals surface area contributed by atoms with Gasteiger partial charge >= 0.3 is 5.97 Å². The smallest absolute Gasteiger partial charge is 0.358 e. The van der Waals surface area contributed by atoms with E-state index in [0.717, 1.165) is 55.4 Å². The molecule has 0 aromatic carbocycles. The SMILES string of the molecule is CCCN(c1nc(N2CC(OC(=O)c3cscn3)C2)nc2c1S(=O)CC2)C1CCOCC1. The van der Waals surface area contributed by atoms with E-state index in [-0.39, 0.29) is 6.10 Å². The number of hydrogen-bond donors (Lipinski definition) is 0. The fourth-order valence-corrected chi connectivity index (χ4v) is 6.28. The zero-order chi connectivity index (χ0) is 22.1. The van der Waals surface area contributed by atoms with Crippen molar-refractivity contribution >= 4 is 39.9 Å². The molecule has 172 valence electrons. The van der Waals surface area contributed by atoms with Gasteiger partial charge in [-0.15, -0.1) is 11.3 Å². The highest BCUT2D eigenvalue weighted by molar-refractivity contribution is 7.85. The van der Waals surface area contributed by atoms with E-state index in [1.807, 2.05) is 4.90 Å². The van der Waals surface area contributed by atoms with Crippen molar-refractivity contribution in [1.82, 2.24) is 15.0 Å². The van der Waals surface area contributed by atoms with Crippen molar-refractivity contribution in [3.8, 4) is 0 Å². The van der Waals surface area contributed by atoms with Crippen LogP contribution in [0, 0.1) is 0 Å². The number of rotatable bonds is 7. The van der Waals surface area contributed by atoms with Gasteiger partial charge < -0.3 is 19.3 Å². The second-order valence-corrected chi connectivity index (χ2v) is 10.5. The molecule has 2 fully saturated rings. The van der Waals surface area contributed by atoms with Crippen LogP contribution in [-0.2, 0) is 26.7 Å². The molecule has 32 heavy (non-hydrogen) atoms. The summed E-state index contributed by atoms with van der Waals surface area (Å²) in [5.41, 5.74) is 2.85. The molecular formula is C21H27N5O4S2. The van der Waals surface area contributed by atoms with Crippen molar-refractivity contribution < 1.29 is 18.5 Å². The fraction of sp³-hybridized carbons (Fsp3) is 0.619. The molecule has 3 aliphatic heterocycles. The summed E-state index contributed by atoms with van der Waals surface area (Å²) >= 11 is 1.37. The normalized spacial score (nSPS) is 21.3. The summed E-state index contributed by atoms with van der Waals surface area (Å²) in [6.45, 7) is 5.59. The van der Waals surface area contributed by atoms with Crippen molar-refractivity contribution in [3.63, 3.8) is 0 Å². The average Bonchev–Trinajstić information content (AvgIpc) is 3.45. The number of fused-ring (bicyclic) bond motifs is 1. The van der Waals surface area contributed by atoms with Crippen LogP contribution in [0.25, 0.3) is 0 Å². The number of ether oxygens (including phenoxy) is 2. The van der Waals surface area contributed by atoms with Crippen LogP contribution in [0.2, 0.25) is 0 Å². The number of hydrogen-bond acceptors (Lipinski definition) is 10. The topological polar surface area (TPSA) is 97.8 Å². The van der Waals surface area contributed by atoms with Crippen LogP contribution in [0.5, 0.6) is 0 Å². The van der Waals surface area contributed by atoms with Gasteiger partial charge in [0.1, 0.15) is 11.0 Å². The highest BCUT2D eigenvalue weighted by Gasteiger charge is 2.36. The molecule has 0 radical (unpaired) electrons. The Morgan fingerprint density at radius 2 is 2.16 bits per heavy atom. The molecule has 5 rings (SSSR count). The highest BCUT2D eigenvalue weighted by atomic mass is 32.2. The first-order valence-corrected chi connectivity index (χ1v) is 13.4. The van der Waals surface area contributed by atoms with Gasteiger partial charge in [0.2, 0.25) is 5.95 Å². The van der Waals surface area contributed by atoms with E-state index in [1.165, 1.54) is 11.3 Å². The minimum Gasteiger partial charge on any atom is -0.454 e. The lowest BCUT2D eigenvalue weighted by Crippen LogP contribution is -2.54. The van der Waals surface area contributed by atoms with Crippen LogP contribution in [0.4, 0.5) is 11.8 Å². The maximum Gasteiger partial charge on any atom is 0.358 e. The van der Waals surface area contributed by atoms with E-state index in [1.54, 1.807) is 10.9 Å². The Morgan fingerprint density at radius 1 is 1.34 bits per heavy atom. The van der Waals surface area contributed by atoms with E-state index in [0.29, 0.717) is 42.9 Å². The van der Waals surface area contributed by atoms with Gasteiger partial charge in [-0.25, -0.2) is 14.8 Å². The molecule has 3 aliphatic rings. The van der Waals surface area contributed by atoms with Crippen molar-refractivity contribution in [3.05, 3.63) is 22.3 Å². The molecule has 5 heterocycles. The summed E-state index contributed by atoms with van der Waals surface area (Å²) in [6.07, 6.45) is 3.36. The second kappa shape index (κ2) is 9.40. The van der Waals surface area contributed by atoms with E-state index in [9.17, 15) is 9.00 Å². The minimum atomic E-state index is -1.07. The quantitative estimate of drug-likeness (QED) is 0.555. The monoisotopic (exact) mass is 477 g/mol. The lowest BCUT2D eigenvalue weighted by Gasteiger charge is -2.40. The van der Waals surface area contributed by atoms with Gasteiger partial charge in [0, 0.05) is 43.4 Å². The number of aromatic nitrogens is 3. The first-order valence-electron chi connectivity index (χ1n) is 11.1. The van der Waals surface area contributed by atoms with Gasteiger partial charge in [0.25, 0.3) is 0 Å². The van der Waals surface area contributed by atoms with Crippen LogP contribution in [0.3, 0.4) is 0 Å². The molecule has 2 saturated heterocycles. The number of carbonyl (C=O) groups is 1. The molecule has 1 atom stereocenters. The molecule has 0 saturated carbocycles. The Morgan fingerprint density at radius 3 is 2.88 bits per heavy atom. The lowest BCUT2D eigenvalue weighted by atomic mass is 10.1. The number of esters is 1. The van der Waals surface area contributed by atoms with E-state index < -0.39 is 16.8 Å². The number of carbonyl (C=O) groups excluding carboxylic acids is 1. The van der Waals surface area contributed by atoms with Crippen molar-refractivity contribution in [2.24, 2.45) is 0 Å². The second-order valence-electron chi connectivity index (χ2n) is 8.27. The molecule has 0 amide bonds. The third kappa shape index (κ3) is 4.25. The molecule has 2 aromatic rings. The van der Waals surface area contributed by atoms with E-state index >= 15 is 0 Å². The average molecular weight is 478 g/mol. The minimum absolute atomic E-state index is 0.208. The molecule has 9 nitrogen and oxygen atoms in total. The number of anilines is 2. The summed E-state index contributed by atoms with van der Waals surface area (Å²) in [6, 6.07) is 0.330. The zero-order valence-electron chi connectivity index (χ0n) is 18.1. The third-order valence-electron chi connectivity index (χ3n) is 6.07. The summed E-state index contributed by atoms with van der Waals surface area (Å²) < 4.78 is 23.9. The molecule has 0 spiro atoms. The Labute approximate surface area is 193 Å². The molecule has 11 heteroatoms. The predicted molar refractivity (Wildman–Crippen MR) is 122 cm³/mol. The summed E-state index contributed by atoms with van der Waals surface area (Å²) in [4.78, 5) is 31.0. The maximum absolute atomic E-state index is 12.8. The standard InChI is InChI=1S/C21H27N5O4S2/c1-2-6-26(14-3-7-29-8-4-14)19-18-16(5-9-32(18)28)23-21(24-19)25-10-15(11-25)30-20(27)17-12-31-13-22-17/h12-15H,2-11H2,1H3. The first-order chi connectivity index (χ1) is 15.6. The van der Waals surface area contributed by atoms with E-state index in [4.69, 9.17) is 19.4 Å². The van der Waals surface area contributed by atoms with Gasteiger partial charge in [-0.05, 0) is 19.3 Å². The number of aryl methyl sites for hydroxylation is 1. The highest BCUT2D eigenvalue weighted by Crippen LogP contribution is 2.35. The Hall–Kier alpha value is -2.11. The van der Waals surface area contributed by atoms with Crippen molar-refractivity contribution in [2.75, 3.05) is 48.4 Å². The Balaban J connectivity index is 1.36. The van der Waals surface area contributed by atoms with Gasteiger partial charge in [-0.3, -0.25) is 4.21 Å². The number of thiazole rings is 1. The fourth-order valence-electron chi connectivity index (χ4n) is 4.40. The summed E-state index contributed by atoms with van der Waals surface area (Å²) in [7, 11) is -1.07. The van der Waals surface area contributed by atoms with Crippen LogP contribution in [0.15, 0.2) is 15.8 Å². The first kappa shape index (κ1) is 21.7. The van der Waals surface area contributed by atoms with Crippen LogP contribution < -0.4 is 9.80 Å². The largest absolute Gasteiger partial charge is 0.454 e.